The normalized spacial score (nSPS) is 11.7. The van der Waals surface area contributed by atoms with E-state index in [0.717, 1.165) is 61.7 Å². The highest BCUT2D eigenvalue weighted by Gasteiger charge is 2.26. The highest BCUT2D eigenvalue weighted by molar-refractivity contribution is 5.80. The average Bonchev–Trinajstić information content (AvgIpc) is 3.31. The van der Waals surface area contributed by atoms with Crippen LogP contribution in [-0.4, -0.2) is 44.9 Å². The summed E-state index contributed by atoms with van der Waals surface area (Å²) in [7, 11) is 0. The Labute approximate surface area is 362 Å². The molecule has 0 atom stereocenters. The minimum absolute atomic E-state index is 0.274. The number of aromatic nitrogens is 9. The fourth-order valence-electron chi connectivity index (χ4n) is 6.94. The van der Waals surface area contributed by atoms with Gasteiger partial charge in [-0.25, -0.2) is 44.9 Å². The smallest absolute Gasteiger partial charge is 0.164 e. The van der Waals surface area contributed by atoms with E-state index in [1.54, 1.807) is 0 Å². The Morgan fingerprint density at radius 1 is 0.226 bits per heavy atom. The lowest BCUT2D eigenvalue weighted by Gasteiger charge is -2.22. The molecule has 0 unspecified atom stereocenters. The molecular weight excluding hydrogens is 763 g/mol. The predicted octanol–water partition coefficient (Wildman–Crippen LogP) is 12.2. The van der Waals surface area contributed by atoms with E-state index in [4.69, 9.17) is 44.9 Å². The Kier molecular flexibility index (Phi) is 10.5. The lowest BCUT2D eigenvalue weighted by molar-refractivity contribution is 0.497. The zero-order chi connectivity index (χ0) is 42.8. The maximum absolute atomic E-state index is 5.22. The van der Waals surface area contributed by atoms with Crippen molar-refractivity contribution in [3.8, 4) is 90.8 Å². The molecule has 302 valence electrons. The molecule has 6 aromatic carbocycles. The molecule has 9 nitrogen and oxygen atoms in total. The second-order valence-electron chi connectivity index (χ2n) is 17.3. The molecular formula is C53H45N9. The third-order valence-corrected chi connectivity index (χ3v) is 10.3. The van der Waals surface area contributed by atoms with Crippen LogP contribution in [0, 0.1) is 0 Å². The van der Waals surface area contributed by atoms with Gasteiger partial charge < -0.3 is 0 Å². The Hall–Kier alpha value is -7.65. The van der Waals surface area contributed by atoms with Crippen LogP contribution in [-0.2, 0) is 10.8 Å². The molecule has 9 aromatic rings. The zero-order valence-electron chi connectivity index (χ0n) is 35.6. The molecule has 9 heteroatoms. The molecule has 0 amide bonds. The first-order chi connectivity index (χ1) is 29.9. The molecule has 62 heavy (non-hydrogen) atoms. The van der Waals surface area contributed by atoms with Crippen LogP contribution in [0.4, 0.5) is 0 Å². The van der Waals surface area contributed by atoms with Gasteiger partial charge in [0.1, 0.15) is 11.6 Å². The fourth-order valence-corrected chi connectivity index (χ4v) is 6.94. The average molecular weight is 808 g/mol. The zero-order valence-corrected chi connectivity index (χ0v) is 35.6. The van der Waals surface area contributed by atoms with E-state index >= 15 is 0 Å². The van der Waals surface area contributed by atoms with Gasteiger partial charge in [0.2, 0.25) is 0 Å². The van der Waals surface area contributed by atoms with Crippen molar-refractivity contribution >= 4 is 0 Å². The number of hydrogen-bond donors (Lipinski definition) is 0. The maximum atomic E-state index is 5.22. The van der Waals surface area contributed by atoms with Gasteiger partial charge in [0.25, 0.3) is 0 Å². The summed E-state index contributed by atoms with van der Waals surface area (Å²) in [5.74, 6) is 5.35. The van der Waals surface area contributed by atoms with E-state index in [9.17, 15) is 0 Å². The van der Waals surface area contributed by atoms with Crippen molar-refractivity contribution in [3.05, 3.63) is 175 Å². The molecule has 0 N–H and O–H groups in total. The summed E-state index contributed by atoms with van der Waals surface area (Å²) in [6, 6.07) is 54.6. The highest BCUT2D eigenvalue weighted by Crippen LogP contribution is 2.35. The predicted molar refractivity (Wildman–Crippen MR) is 247 cm³/mol. The summed E-state index contributed by atoms with van der Waals surface area (Å²) in [6.45, 7) is 12.7. The van der Waals surface area contributed by atoms with Crippen molar-refractivity contribution in [1.82, 2.24) is 44.9 Å². The Morgan fingerprint density at radius 2 is 0.484 bits per heavy atom. The molecule has 0 aliphatic heterocycles. The molecule has 0 radical (unpaired) electrons. The molecule has 3 heterocycles. The quantitative estimate of drug-likeness (QED) is 0.148. The van der Waals surface area contributed by atoms with Gasteiger partial charge >= 0.3 is 0 Å². The topological polar surface area (TPSA) is 116 Å². The van der Waals surface area contributed by atoms with Gasteiger partial charge in [0.15, 0.2) is 40.8 Å². The summed E-state index contributed by atoms with van der Waals surface area (Å²) < 4.78 is 0. The fraction of sp³-hybridized carbons (Fsp3) is 0.151. The van der Waals surface area contributed by atoms with Gasteiger partial charge in [-0.15, -0.1) is 0 Å². The molecule has 0 bridgehead atoms. The molecule has 0 saturated carbocycles. The monoisotopic (exact) mass is 807 g/mol. The van der Waals surface area contributed by atoms with E-state index in [-0.39, 0.29) is 10.8 Å². The van der Waals surface area contributed by atoms with E-state index in [1.807, 2.05) is 127 Å². The molecule has 9 rings (SSSR count). The van der Waals surface area contributed by atoms with Crippen LogP contribution >= 0.6 is 0 Å². The highest BCUT2D eigenvalue weighted by atomic mass is 15.1. The maximum Gasteiger partial charge on any atom is 0.164 e. The Morgan fingerprint density at radius 3 is 0.839 bits per heavy atom. The third-order valence-electron chi connectivity index (χ3n) is 10.3. The summed E-state index contributed by atoms with van der Waals surface area (Å²) >= 11 is 0. The minimum atomic E-state index is -0.274. The molecule has 0 fully saturated rings. The third kappa shape index (κ3) is 8.65. The molecule has 3 aromatic heterocycles. The largest absolute Gasteiger partial charge is 0.217 e. The van der Waals surface area contributed by atoms with Gasteiger partial charge in [0.05, 0.1) is 0 Å². The van der Waals surface area contributed by atoms with Gasteiger partial charge in [-0.3, -0.25) is 0 Å². The molecule has 0 aliphatic carbocycles. The molecule has 0 spiro atoms. The summed E-state index contributed by atoms with van der Waals surface area (Å²) in [4.78, 5) is 45.5. The van der Waals surface area contributed by atoms with Crippen molar-refractivity contribution in [1.29, 1.82) is 0 Å². The first-order valence-corrected chi connectivity index (χ1v) is 20.7. The standard InChI is InChI=1S/C53H45N9/c1-52(2,3)50-60-47(61-51(62-50)53(4,5)6)39-29-19-28-38(30-39)46-55-45(37-26-17-10-18-27-37)58-49(59-46)42-32-40(34-20-11-7-12-21-34)31-41(33-42)48-56-43(35-22-13-8-14-23-35)54-44(57-48)36-24-15-9-16-25-36/h7-33H,1-6H3. The van der Waals surface area contributed by atoms with Crippen molar-refractivity contribution < 1.29 is 0 Å². The SMILES string of the molecule is CC(C)(C)c1nc(-c2cccc(-c3nc(-c4ccccc4)nc(-c4cc(-c5ccccc5)cc(-c5nc(-c6ccccc6)nc(-c6ccccc6)n5)c4)n3)c2)nc(C(C)(C)C)n1. The van der Waals surface area contributed by atoms with Crippen LogP contribution in [0.25, 0.3) is 90.8 Å². The lowest BCUT2D eigenvalue weighted by atomic mass is 9.93. The van der Waals surface area contributed by atoms with Crippen LogP contribution < -0.4 is 0 Å². The van der Waals surface area contributed by atoms with E-state index in [2.05, 4.69) is 77.9 Å². The van der Waals surface area contributed by atoms with Crippen LogP contribution in [0.2, 0.25) is 0 Å². The first-order valence-electron chi connectivity index (χ1n) is 20.7. The Bertz CT molecular complexity index is 2920. The molecule has 0 saturated heterocycles. The number of hydrogen-bond acceptors (Lipinski definition) is 9. The van der Waals surface area contributed by atoms with E-state index in [0.29, 0.717) is 40.8 Å². The Balaban J connectivity index is 1.24. The van der Waals surface area contributed by atoms with Crippen molar-refractivity contribution in [2.45, 2.75) is 52.4 Å². The van der Waals surface area contributed by atoms with Crippen LogP contribution in [0.5, 0.6) is 0 Å². The van der Waals surface area contributed by atoms with E-state index < -0.39 is 0 Å². The van der Waals surface area contributed by atoms with Crippen LogP contribution in [0.1, 0.15) is 53.2 Å². The second-order valence-corrected chi connectivity index (χ2v) is 17.3. The van der Waals surface area contributed by atoms with Crippen LogP contribution in [0.15, 0.2) is 164 Å². The van der Waals surface area contributed by atoms with Crippen molar-refractivity contribution in [3.63, 3.8) is 0 Å². The number of nitrogens with zero attached hydrogens (tertiary/aromatic N) is 9. The summed E-state index contributed by atoms with van der Waals surface area (Å²) in [5.41, 5.74) is 7.32. The van der Waals surface area contributed by atoms with Crippen molar-refractivity contribution in [2.24, 2.45) is 0 Å². The summed E-state index contributed by atoms with van der Waals surface area (Å²) in [6.07, 6.45) is 0. The lowest BCUT2D eigenvalue weighted by Crippen LogP contribution is -2.24. The van der Waals surface area contributed by atoms with Crippen LogP contribution in [0.3, 0.4) is 0 Å². The second kappa shape index (κ2) is 16.4. The summed E-state index contributed by atoms with van der Waals surface area (Å²) in [5, 5.41) is 0. The van der Waals surface area contributed by atoms with Gasteiger partial charge in [-0.2, -0.15) is 0 Å². The number of benzene rings is 6. The van der Waals surface area contributed by atoms with Crippen molar-refractivity contribution in [2.75, 3.05) is 0 Å². The van der Waals surface area contributed by atoms with Gasteiger partial charge in [-0.1, -0.05) is 181 Å². The van der Waals surface area contributed by atoms with E-state index in [1.165, 1.54) is 0 Å². The number of rotatable bonds is 8. The van der Waals surface area contributed by atoms with Gasteiger partial charge in [-0.05, 0) is 35.4 Å². The molecule has 0 aliphatic rings. The minimum Gasteiger partial charge on any atom is -0.217 e. The first kappa shape index (κ1) is 39.8. The van der Waals surface area contributed by atoms with Gasteiger partial charge in [0, 0.05) is 49.8 Å².